The zero-order chi connectivity index (χ0) is 15.6. The number of aryl methyl sites for hydroxylation is 1. The van der Waals surface area contributed by atoms with Crippen LogP contribution in [-0.2, 0) is 0 Å². The van der Waals surface area contributed by atoms with Gasteiger partial charge in [-0.3, -0.25) is 4.79 Å². The summed E-state index contributed by atoms with van der Waals surface area (Å²) in [6, 6.07) is 10.7. The van der Waals surface area contributed by atoms with Gasteiger partial charge in [-0.2, -0.15) is 0 Å². The van der Waals surface area contributed by atoms with Gasteiger partial charge in [-0.15, -0.1) is 0 Å². The quantitative estimate of drug-likeness (QED) is 0.842. The van der Waals surface area contributed by atoms with E-state index in [9.17, 15) is 4.79 Å². The number of ether oxygens (including phenoxy) is 1. The third-order valence-corrected chi connectivity index (χ3v) is 3.36. The molecule has 0 fully saturated rings. The van der Waals surface area contributed by atoms with E-state index in [2.05, 4.69) is 13.8 Å². The van der Waals surface area contributed by atoms with E-state index in [4.69, 9.17) is 16.2 Å². The molecule has 0 aromatic heterocycles. The van der Waals surface area contributed by atoms with Crippen molar-refractivity contribution in [2.24, 2.45) is 5.73 Å². The number of anilines is 1. The zero-order valence-electron chi connectivity index (χ0n) is 12.5. The molecular weight excluding hydrogens is 264 g/mol. The van der Waals surface area contributed by atoms with Crippen molar-refractivity contribution in [3.63, 3.8) is 0 Å². The second kappa shape index (κ2) is 5.87. The van der Waals surface area contributed by atoms with Crippen LogP contribution in [-0.4, -0.2) is 5.91 Å². The van der Waals surface area contributed by atoms with Gasteiger partial charge in [0.1, 0.15) is 11.5 Å². The molecule has 0 heterocycles. The molecule has 110 valence electrons. The molecule has 0 aliphatic rings. The average molecular weight is 284 g/mol. The van der Waals surface area contributed by atoms with E-state index in [0.717, 1.165) is 5.56 Å². The van der Waals surface area contributed by atoms with Crippen LogP contribution in [0.1, 0.15) is 41.3 Å². The third-order valence-electron chi connectivity index (χ3n) is 3.36. The molecule has 0 saturated heterocycles. The first-order valence-corrected chi connectivity index (χ1v) is 6.86. The van der Waals surface area contributed by atoms with Crippen LogP contribution in [0.3, 0.4) is 0 Å². The molecule has 0 spiro atoms. The van der Waals surface area contributed by atoms with Crippen LogP contribution in [0.15, 0.2) is 36.4 Å². The Morgan fingerprint density at radius 3 is 2.43 bits per heavy atom. The van der Waals surface area contributed by atoms with Gasteiger partial charge in [-0.1, -0.05) is 19.9 Å². The standard InChI is InChI=1S/C17H20N2O2/c1-10(2)14-6-5-13(8-11(14)3)21-16-7-4-12(18)9-15(16)17(19)20/h4-10H,18H2,1-3H3,(H2,19,20). The minimum atomic E-state index is -0.562. The number of nitrogens with two attached hydrogens (primary N) is 2. The molecule has 2 rings (SSSR count). The van der Waals surface area contributed by atoms with Crippen LogP contribution >= 0.6 is 0 Å². The predicted octanol–water partition coefficient (Wildman–Crippen LogP) is 3.59. The number of nitrogen functional groups attached to an aromatic ring is 1. The first kappa shape index (κ1) is 14.9. The number of carbonyl (C=O) groups is 1. The number of carbonyl (C=O) groups excluding carboxylic acids is 1. The second-order valence-corrected chi connectivity index (χ2v) is 5.40. The molecule has 0 radical (unpaired) electrons. The summed E-state index contributed by atoms with van der Waals surface area (Å²) in [4.78, 5) is 11.5. The van der Waals surface area contributed by atoms with Crippen molar-refractivity contribution in [3.05, 3.63) is 53.1 Å². The monoisotopic (exact) mass is 284 g/mol. The first-order chi connectivity index (χ1) is 9.88. The Balaban J connectivity index is 2.35. The lowest BCUT2D eigenvalue weighted by atomic mass is 9.98. The summed E-state index contributed by atoms with van der Waals surface area (Å²) in [5.74, 6) is 0.974. The van der Waals surface area contributed by atoms with E-state index < -0.39 is 5.91 Å². The Labute approximate surface area is 124 Å². The van der Waals surface area contributed by atoms with E-state index in [1.807, 2.05) is 25.1 Å². The Morgan fingerprint density at radius 1 is 1.14 bits per heavy atom. The topological polar surface area (TPSA) is 78.3 Å². The normalized spacial score (nSPS) is 10.7. The lowest BCUT2D eigenvalue weighted by Crippen LogP contribution is -2.12. The maximum Gasteiger partial charge on any atom is 0.252 e. The van der Waals surface area contributed by atoms with Gasteiger partial charge < -0.3 is 16.2 Å². The van der Waals surface area contributed by atoms with Gasteiger partial charge >= 0.3 is 0 Å². The maximum atomic E-state index is 11.5. The molecule has 4 N–H and O–H groups in total. The molecule has 0 unspecified atom stereocenters. The summed E-state index contributed by atoms with van der Waals surface area (Å²) in [7, 11) is 0. The Hall–Kier alpha value is -2.49. The van der Waals surface area contributed by atoms with Crippen molar-refractivity contribution < 1.29 is 9.53 Å². The highest BCUT2D eigenvalue weighted by molar-refractivity contribution is 5.96. The highest BCUT2D eigenvalue weighted by atomic mass is 16.5. The van der Waals surface area contributed by atoms with Gasteiger partial charge in [-0.05, 0) is 54.3 Å². The van der Waals surface area contributed by atoms with E-state index >= 15 is 0 Å². The highest BCUT2D eigenvalue weighted by Gasteiger charge is 2.12. The van der Waals surface area contributed by atoms with E-state index in [1.54, 1.807) is 12.1 Å². The lowest BCUT2D eigenvalue weighted by molar-refractivity contribution is 0.0998. The van der Waals surface area contributed by atoms with Crippen LogP contribution in [0.25, 0.3) is 0 Å². The van der Waals surface area contributed by atoms with Crippen molar-refractivity contribution in [2.75, 3.05) is 5.73 Å². The fourth-order valence-corrected chi connectivity index (χ4v) is 2.32. The maximum absolute atomic E-state index is 11.5. The number of primary amides is 1. The van der Waals surface area contributed by atoms with Gasteiger partial charge in [0.05, 0.1) is 5.56 Å². The molecule has 21 heavy (non-hydrogen) atoms. The molecule has 2 aromatic rings. The average Bonchev–Trinajstić information content (AvgIpc) is 2.40. The predicted molar refractivity (Wildman–Crippen MR) is 84.7 cm³/mol. The van der Waals surface area contributed by atoms with Crippen LogP contribution in [0.5, 0.6) is 11.5 Å². The Morgan fingerprint density at radius 2 is 1.86 bits per heavy atom. The van der Waals surface area contributed by atoms with Crippen LogP contribution < -0.4 is 16.2 Å². The van der Waals surface area contributed by atoms with Crippen molar-refractivity contribution in [1.82, 2.24) is 0 Å². The number of rotatable bonds is 4. The summed E-state index contributed by atoms with van der Waals surface area (Å²) in [6.07, 6.45) is 0. The second-order valence-electron chi connectivity index (χ2n) is 5.40. The van der Waals surface area contributed by atoms with E-state index in [0.29, 0.717) is 23.1 Å². The Kier molecular flexibility index (Phi) is 4.17. The van der Waals surface area contributed by atoms with Gasteiger partial charge in [0.15, 0.2) is 0 Å². The van der Waals surface area contributed by atoms with Crippen LogP contribution in [0.4, 0.5) is 5.69 Å². The Bertz CT molecular complexity index is 678. The van der Waals surface area contributed by atoms with E-state index in [-0.39, 0.29) is 5.56 Å². The SMILES string of the molecule is Cc1cc(Oc2ccc(N)cc2C(N)=O)ccc1C(C)C. The summed E-state index contributed by atoms with van der Waals surface area (Å²) in [5, 5.41) is 0. The van der Waals surface area contributed by atoms with Crippen LogP contribution in [0, 0.1) is 6.92 Å². The smallest absolute Gasteiger partial charge is 0.252 e. The molecule has 2 aromatic carbocycles. The summed E-state index contributed by atoms with van der Waals surface area (Å²) < 4.78 is 5.78. The number of benzene rings is 2. The first-order valence-electron chi connectivity index (χ1n) is 6.86. The van der Waals surface area contributed by atoms with Crippen molar-refractivity contribution >= 4 is 11.6 Å². The highest BCUT2D eigenvalue weighted by Crippen LogP contribution is 2.29. The minimum absolute atomic E-state index is 0.278. The van der Waals surface area contributed by atoms with Crippen molar-refractivity contribution in [1.29, 1.82) is 0 Å². The molecule has 1 amide bonds. The van der Waals surface area contributed by atoms with E-state index in [1.165, 1.54) is 11.6 Å². The van der Waals surface area contributed by atoms with Gasteiger partial charge in [-0.25, -0.2) is 0 Å². The minimum Gasteiger partial charge on any atom is -0.457 e. The molecule has 0 aliphatic heterocycles. The third kappa shape index (κ3) is 3.34. The number of hydrogen-bond donors (Lipinski definition) is 2. The largest absolute Gasteiger partial charge is 0.457 e. The molecule has 0 atom stereocenters. The molecular formula is C17H20N2O2. The molecule has 0 aliphatic carbocycles. The number of hydrogen-bond acceptors (Lipinski definition) is 3. The lowest BCUT2D eigenvalue weighted by Gasteiger charge is -2.13. The van der Waals surface area contributed by atoms with Crippen molar-refractivity contribution in [2.45, 2.75) is 26.7 Å². The molecule has 4 heteroatoms. The fourth-order valence-electron chi connectivity index (χ4n) is 2.32. The summed E-state index contributed by atoms with van der Waals surface area (Å²) in [5.41, 5.74) is 14.2. The molecule has 4 nitrogen and oxygen atoms in total. The summed E-state index contributed by atoms with van der Waals surface area (Å²) >= 11 is 0. The van der Waals surface area contributed by atoms with Gasteiger partial charge in [0.25, 0.3) is 5.91 Å². The van der Waals surface area contributed by atoms with Crippen molar-refractivity contribution in [3.8, 4) is 11.5 Å². The number of amides is 1. The van der Waals surface area contributed by atoms with Crippen LogP contribution in [0.2, 0.25) is 0 Å². The van der Waals surface area contributed by atoms with Gasteiger partial charge in [0.2, 0.25) is 0 Å². The van der Waals surface area contributed by atoms with Gasteiger partial charge in [0, 0.05) is 5.69 Å². The molecule has 0 saturated carbocycles. The zero-order valence-corrected chi connectivity index (χ0v) is 12.5. The fraction of sp³-hybridized carbons (Fsp3) is 0.235. The molecule has 0 bridgehead atoms. The summed E-state index contributed by atoms with van der Waals surface area (Å²) in [6.45, 7) is 6.34.